The van der Waals surface area contributed by atoms with Gasteiger partial charge in [0.05, 0.1) is 16.9 Å². The fourth-order valence-corrected chi connectivity index (χ4v) is 5.17. The average molecular weight is 490 g/mol. The maximum Gasteiger partial charge on any atom is 0.196 e. The summed E-state index contributed by atoms with van der Waals surface area (Å²) in [5, 5.41) is 3.44. The molecule has 0 radical (unpaired) electrons. The molecule has 1 atom stereocenters. The van der Waals surface area contributed by atoms with Crippen LogP contribution in [0.2, 0.25) is 0 Å². The number of ketones is 2. The van der Waals surface area contributed by atoms with E-state index in [1.54, 1.807) is 24.3 Å². The minimum absolute atomic E-state index is 0.168. The van der Waals surface area contributed by atoms with Crippen molar-refractivity contribution in [3.8, 4) is 5.75 Å². The van der Waals surface area contributed by atoms with Crippen LogP contribution in [0.1, 0.15) is 31.8 Å². The van der Waals surface area contributed by atoms with Crippen LogP contribution in [0.5, 0.6) is 5.75 Å². The Kier molecular flexibility index (Phi) is 5.81. The van der Waals surface area contributed by atoms with Gasteiger partial charge in [-0.3, -0.25) is 9.59 Å². The molecule has 1 aliphatic heterocycles. The predicted molar refractivity (Wildman–Crippen MR) is 144 cm³/mol. The van der Waals surface area contributed by atoms with Crippen LogP contribution in [0.4, 0.5) is 5.69 Å². The van der Waals surface area contributed by atoms with Crippen molar-refractivity contribution in [2.75, 3.05) is 20.1 Å². The van der Waals surface area contributed by atoms with Crippen molar-refractivity contribution in [1.82, 2.24) is 10.2 Å². The number of fused-ring (bicyclic) bond motifs is 4. The van der Waals surface area contributed by atoms with E-state index >= 15 is 0 Å². The quantitative estimate of drug-likeness (QED) is 0.537. The Morgan fingerprint density at radius 1 is 0.892 bits per heavy atom. The van der Waals surface area contributed by atoms with Crippen molar-refractivity contribution in [3.63, 3.8) is 0 Å². The standard InChI is InChI=1S/C31H27N3O3/c1-19-9-8-14-24-28(19)33-29-25(37-24)17-23(32-15-16-34(2)18-20-10-4-3-5-11-20)26-27(29)31(36)22-13-7-6-12-21(22)30(26)35/h3-14,17,25,32H,15-16,18H2,1-2H3. The maximum absolute atomic E-state index is 13.8. The van der Waals surface area contributed by atoms with Gasteiger partial charge >= 0.3 is 0 Å². The SMILES string of the molecule is Cc1cccc2c1N=C1C3=C(C(=O)c4ccccc4C3=O)C(NCCN(C)Cc3ccccc3)=CC1O2. The summed E-state index contributed by atoms with van der Waals surface area (Å²) in [6.07, 6.45) is 1.33. The molecule has 0 saturated heterocycles. The average Bonchev–Trinajstić information content (AvgIpc) is 2.91. The minimum atomic E-state index is -0.556. The first-order chi connectivity index (χ1) is 18.0. The molecule has 0 bridgehead atoms. The van der Waals surface area contributed by atoms with Crippen molar-refractivity contribution >= 4 is 23.0 Å². The molecule has 6 rings (SSSR count). The van der Waals surface area contributed by atoms with E-state index in [2.05, 4.69) is 29.4 Å². The first-order valence-corrected chi connectivity index (χ1v) is 12.5. The summed E-state index contributed by atoms with van der Waals surface area (Å²) in [5.74, 6) is 0.312. The lowest BCUT2D eigenvalue weighted by atomic mass is 9.76. The molecular weight excluding hydrogens is 462 g/mol. The van der Waals surface area contributed by atoms with Crippen molar-refractivity contribution in [2.45, 2.75) is 19.6 Å². The van der Waals surface area contributed by atoms with Crippen LogP contribution in [-0.2, 0) is 6.54 Å². The van der Waals surface area contributed by atoms with Gasteiger partial charge in [0, 0.05) is 36.5 Å². The molecule has 3 aliphatic rings. The van der Waals surface area contributed by atoms with E-state index in [9.17, 15) is 9.59 Å². The number of hydrogen-bond donors (Lipinski definition) is 1. The number of aliphatic imine (C=N–C) groups is 1. The van der Waals surface area contributed by atoms with Crippen LogP contribution in [0.25, 0.3) is 0 Å². The summed E-state index contributed by atoms with van der Waals surface area (Å²) in [6.45, 7) is 4.13. The second-order valence-electron chi connectivity index (χ2n) is 9.64. The highest BCUT2D eigenvalue weighted by molar-refractivity contribution is 6.40. The molecule has 184 valence electrons. The third-order valence-corrected chi connectivity index (χ3v) is 7.02. The van der Waals surface area contributed by atoms with Gasteiger partial charge in [0.2, 0.25) is 0 Å². The fourth-order valence-electron chi connectivity index (χ4n) is 5.17. The molecule has 1 N–H and O–H groups in total. The van der Waals surface area contributed by atoms with E-state index in [4.69, 9.17) is 9.73 Å². The molecule has 0 spiro atoms. The molecule has 3 aromatic rings. The van der Waals surface area contributed by atoms with Gasteiger partial charge in [-0.15, -0.1) is 0 Å². The molecule has 1 unspecified atom stereocenters. The number of carbonyl (C=O) groups is 2. The summed E-state index contributed by atoms with van der Waals surface area (Å²) in [5.41, 5.74) is 5.56. The lowest BCUT2D eigenvalue weighted by Gasteiger charge is -2.34. The number of ether oxygens (including phenoxy) is 1. The number of benzene rings is 3. The molecule has 37 heavy (non-hydrogen) atoms. The van der Waals surface area contributed by atoms with E-state index < -0.39 is 6.10 Å². The van der Waals surface area contributed by atoms with Crippen molar-refractivity contribution in [1.29, 1.82) is 0 Å². The highest BCUT2D eigenvalue weighted by Crippen LogP contribution is 2.42. The zero-order chi connectivity index (χ0) is 25.5. The molecule has 1 heterocycles. The number of para-hydroxylation sites is 1. The molecule has 2 aliphatic carbocycles. The molecule has 3 aromatic carbocycles. The predicted octanol–water partition coefficient (Wildman–Crippen LogP) is 4.82. The van der Waals surface area contributed by atoms with Crippen LogP contribution in [-0.4, -0.2) is 48.4 Å². The number of allylic oxidation sites excluding steroid dienone is 1. The number of rotatable bonds is 6. The van der Waals surface area contributed by atoms with E-state index in [0.717, 1.165) is 18.7 Å². The zero-order valence-electron chi connectivity index (χ0n) is 20.8. The number of Topliss-reactive ketones (excluding diaryl/α,β-unsaturated/α-hetero) is 2. The van der Waals surface area contributed by atoms with Gasteiger partial charge in [-0.25, -0.2) is 4.99 Å². The maximum atomic E-state index is 13.8. The van der Waals surface area contributed by atoms with Gasteiger partial charge in [0.25, 0.3) is 0 Å². The summed E-state index contributed by atoms with van der Waals surface area (Å²) in [6, 6.07) is 23.1. The number of likely N-dealkylation sites (N-methyl/N-ethyl adjacent to an activating group) is 1. The Labute approximate surface area is 216 Å². The van der Waals surface area contributed by atoms with Gasteiger partial charge in [0.15, 0.2) is 17.7 Å². The van der Waals surface area contributed by atoms with E-state index in [-0.39, 0.29) is 11.6 Å². The van der Waals surface area contributed by atoms with Gasteiger partial charge in [-0.2, -0.15) is 0 Å². The Balaban J connectivity index is 1.34. The molecule has 0 aromatic heterocycles. The van der Waals surface area contributed by atoms with Gasteiger partial charge in [-0.1, -0.05) is 66.7 Å². The number of nitrogens with zero attached hydrogens (tertiary/aromatic N) is 2. The fraction of sp³-hybridized carbons (Fsp3) is 0.194. The number of nitrogens with one attached hydrogen (secondary N) is 1. The van der Waals surface area contributed by atoms with Crippen LogP contribution in [0, 0.1) is 6.92 Å². The molecule has 6 heteroatoms. The lowest BCUT2D eigenvalue weighted by Crippen LogP contribution is -2.42. The summed E-state index contributed by atoms with van der Waals surface area (Å²) >= 11 is 0. The highest BCUT2D eigenvalue weighted by Gasteiger charge is 2.43. The number of aryl methyl sites for hydroxylation is 1. The minimum Gasteiger partial charge on any atom is -0.478 e. The topological polar surface area (TPSA) is 71.0 Å². The third-order valence-electron chi connectivity index (χ3n) is 7.02. The summed E-state index contributed by atoms with van der Waals surface area (Å²) < 4.78 is 6.32. The number of hydrogen-bond acceptors (Lipinski definition) is 6. The smallest absolute Gasteiger partial charge is 0.196 e. The highest BCUT2D eigenvalue weighted by atomic mass is 16.5. The largest absolute Gasteiger partial charge is 0.478 e. The first kappa shape index (κ1) is 23.1. The van der Waals surface area contributed by atoms with Gasteiger partial charge in [0.1, 0.15) is 11.4 Å². The Morgan fingerprint density at radius 2 is 1.59 bits per heavy atom. The summed E-state index contributed by atoms with van der Waals surface area (Å²) in [7, 11) is 2.06. The van der Waals surface area contributed by atoms with Crippen molar-refractivity contribution < 1.29 is 14.3 Å². The molecule has 6 nitrogen and oxygen atoms in total. The molecule has 0 fully saturated rings. The molecule has 0 saturated carbocycles. The Bertz CT molecular complexity index is 1520. The monoisotopic (exact) mass is 489 g/mol. The summed E-state index contributed by atoms with van der Waals surface area (Å²) in [4.78, 5) is 34.6. The zero-order valence-corrected chi connectivity index (χ0v) is 20.8. The van der Waals surface area contributed by atoms with Crippen molar-refractivity contribution in [3.05, 3.63) is 118 Å². The second-order valence-corrected chi connectivity index (χ2v) is 9.64. The second kappa shape index (κ2) is 9.30. The van der Waals surface area contributed by atoms with E-state index in [1.807, 2.05) is 49.4 Å². The van der Waals surface area contributed by atoms with E-state index in [1.165, 1.54) is 5.56 Å². The lowest BCUT2D eigenvalue weighted by molar-refractivity contribution is 0.0978. The first-order valence-electron chi connectivity index (χ1n) is 12.5. The van der Waals surface area contributed by atoms with Crippen LogP contribution < -0.4 is 10.1 Å². The third kappa shape index (κ3) is 4.09. The van der Waals surface area contributed by atoms with Gasteiger partial charge < -0.3 is 15.0 Å². The van der Waals surface area contributed by atoms with Crippen LogP contribution in [0.3, 0.4) is 0 Å². The number of carbonyl (C=O) groups excluding carboxylic acids is 2. The molecule has 0 amide bonds. The van der Waals surface area contributed by atoms with Crippen molar-refractivity contribution in [2.24, 2.45) is 4.99 Å². The Morgan fingerprint density at radius 3 is 2.35 bits per heavy atom. The molecular formula is C31H27N3O3. The van der Waals surface area contributed by atoms with Crippen LogP contribution >= 0.6 is 0 Å². The van der Waals surface area contributed by atoms with E-state index in [0.29, 0.717) is 51.7 Å². The normalized spacial score (nSPS) is 17.8. The van der Waals surface area contributed by atoms with Gasteiger partial charge in [-0.05, 0) is 37.2 Å². The van der Waals surface area contributed by atoms with Crippen LogP contribution in [0.15, 0.2) is 101 Å². The Hall–Kier alpha value is -4.29.